The number of fused-ring (bicyclic) bond motifs is 7. The van der Waals surface area contributed by atoms with Crippen molar-refractivity contribution in [2.24, 2.45) is 79.3 Å². The minimum Gasteiger partial charge on any atom is -0.462 e. The van der Waals surface area contributed by atoms with Crippen LogP contribution in [0.15, 0.2) is 12.2 Å². The van der Waals surface area contributed by atoms with E-state index in [0.29, 0.717) is 47.7 Å². The first-order valence-corrected chi connectivity index (χ1v) is 23.8. The summed E-state index contributed by atoms with van der Waals surface area (Å²) in [6.45, 7) is 29.0. The van der Waals surface area contributed by atoms with Gasteiger partial charge in [-0.25, -0.2) is 0 Å². The molecular weight excluding hydrogens is 739 g/mol. The van der Waals surface area contributed by atoms with Crippen molar-refractivity contribution in [1.82, 2.24) is 4.90 Å². The van der Waals surface area contributed by atoms with Crippen LogP contribution in [0.4, 0.5) is 0 Å². The molecule has 332 valence electrons. The average Bonchev–Trinajstić information content (AvgIpc) is 3.58. The molecule has 0 spiro atoms. The van der Waals surface area contributed by atoms with E-state index in [9.17, 15) is 14.4 Å². The Labute approximate surface area is 357 Å². The predicted octanol–water partition coefficient (Wildman–Crippen LogP) is 10.8. The molecule has 0 radical (unpaired) electrons. The summed E-state index contributed by atoms with van der Waals surface area (Å²) >= 11 is 0. The highest BCUT2D eigenvalue weighted by Crippen LogP contribution is 2.78. The van der Waals surface area contributed by atoms with Gasteiger partial charge in [0.05, 0.1) is 11.8 Å². The number of nitrogens with zero attached hydrogens (tertiary/aromatic N) is 1. The molecule has 1 amide bonds. The van der Waals surface area contributed by atoms with Gasteiger partial charge in [0.2, 0.25) is 5.91 Å². The van der Waals surface area contributed by atoms with E-state index in [0.717, 1.165) is 90.1 Å². The van der Waals surface area contributed by atoms with Crippen molar-refractivity contribution in [2.75, 3.05) is 27.0 Å². The standard InChI is InChI=1S/C51H81NO7/c1-32(2)34-18-23-51(39(53)29-33-28-36(46(33,5)6)43(55)52-26-14-13-15-27-52)25-24-49(10)35(42(34)51)16-17-38-48(9)21-20-40(47(7,8)37(48)19-22-50(38,49)11)59-41(54)30-45(3,4)44(56)58-31-57-12/h33-38,40,42H,1,13-31H2,2-12H3/t33-,34-,35+,36+,37-,38+,40-,42+,48-,49+,50+,51+/m0/s1. The number of amides is 1. The molecule has 8 heteroatoms. The number of ketones is 1. The van der Waals surface area contributed by atoms with Crippen LogP contribution >= 0.6 is 0 Å². The Morgan fingerprint density at radius 2 is 1.47 bits per heavy atom. The molecule has 0 aromatic carbocycles. The number of methoxy groups -OCH3 is 1. The van der Waals surface area contributed by atoms with E-state index in [1.54, 1.807) is 13.8 Å². The second-order valence-corrected chi connectivity index (χ2v) is 23.9. The Hall–Kier alpha value is -2.22. The van der Waals surface area contributed by atoms with E-state index >= 15 is 4.79 Å². The SMILES string of the molecule is C=C(C)[C@@H]1CC[C@]2(C(=O)C[C@@H]3C[C@H](C(=O)N4CCCCC4)C3(C)C)CC[C@]3(C)[C@H](CC[C@@H]4[C@@]5(C)CC[C@H](OC(=O)CC(C)(C)C(=O)OCOC)C(C)(C)[C@@H]5CC[C@]43C)[C@@H]12. The molecule has 59 heavy (non-hydrogen) atoms. The number of carbonyl (C=O) groups is 4. The van der Waals surface area contributed by atoms with Gasteiger partial charge < -0.3 is 19.1 Å². The van der Waals surface area contributed by atoms with Gasteiger partial charge >= 0.3 is 11.9 Å². The zero-order valence-electron chi connectivity index (χ0n) is 39.1. The third kappa shape index (κ3) is 7.00. The highest BCUT2D eigenvalue weighted by Gasteiger charge is 2.72. The van der Waals surface area contributed by atoms with Crippen LogP contribution in [-0.2, 0) is 33.4 Å². The highest BCUT2D eigenvalue weighted by atomic mass is 16.7. The van der Waals surface area contributed by atoms with Gasteiger partial charge in [0.15, 0.2) is 6.79 Å². The highest BCUT2D eigenvalue weighted by molar-refractivity contribution is 5.87. The monoisotopic (exact) mass is 820 g/mol. The Morgan fingerprint density at radius 1 is 0.780 bits per heavy atom. The van der Waals surface area contributed by atoms with Crippen molar-refractivity contribution in [2.45, 2.75) is 178 Å². The molecule has 6 saturated carbocycles. The molecule has 0 aromatic heterocycles. The third-order valence-corrected chi connectivity index (χ3v) is 20.1. The van der Waals surface area contributed by atoms with E-state index < -0.39 is 11.4 Å². The number of piperidine rings is 1. The lowest BCUT2D eigenvalue weighted by atomic mass is 9.32. The number of likely N-dealkylation sites (tertiary alicyclic amines) is 1. The maximum absolute atomic E-state index is 15.2. The summed E-state index contributed by atoms with van der Waals surface area (Å²) in [5.41, 5.74) is -0.00377. The summed E-state index contributed by atoms with van der Waals surface area (Å²) < 4.78 is 16.4. The van der Waals surface area contributed by atoms with Crippen LogP contribution in [-0.4, -0.2) is 61.6 Å². The van der Waals surface area contributed by atoms with E-state index in [4.69, 9.17) is 14.2 Å². The number of carbonyl (C=O) groups excluding carboxylic acids is 4. The largest absolute Gasteiger partial charge is 0.462 e. The number of allylic oxidation sites excluding steroid dienone is 1. The lowest BCUT2D eigenvalue weighted by molar-refractivity contribution is -0.249. The molecular formula is C51H81NO7. The lowest BCUT2D eigenvalue weighted by Crippen LogP contribution is -2.67. The van der Waals surface area contributed by atoms with Crippen molar-refractivity contribution in [3.63, 3.8) is 0 Å². The first-order valence-electron chi connectivity index (χ1n) is 23.8. The van der Waals surface area contributed by atoms with Crippen molar-refractivity contribution < 1.29 is 33.4 Å². The zero-order valence-corrected chi connectivity index (χ0v) is 39.1. The van der Waals surface area contributed by atoms with Crippen LogP contribution in [0.25, 0.3) is 0 Å². The van der Waals surface area contributed by atoms with Gasteiger partial charge in [-0.05, 0) is 168 Å². The van der Waals surface area contributed by atoms with Gasteiger partial charge in [0.1, 0.15) is 11.9 Å². The topological polar surface area (TPSA) is 99.2 Å². The van der Waals surface area contributed by atoms with Crippen LogP contribution in [0.3, 0.4) is 0 Å². The molecule has 12 atom stereocenters. The number of ether oxygens (including phenoxy) is 3. The number of hydrogen-bond acceptors (Lipinski definition) is 7. The Balaban J connectivity index is 1.08. The minimum absolute atomic E-state index is 0.0296. The molecule has 7 aliphatic rings. The van der Waals surface area contributed by atoms with Crippen molar-refractivity contribution in [1.29, 1.82) is 0 Å². The molecule has 0 bridgehead atoms. The zero-order chi connectivity index (χ0) is 43.1. The molecule has 0 unspecified atom stereocenters. The van der Waals surface area contributed by atoms with Crippen molar-refractivity contribution >= 4 is 23.6 Å². The maximum Gasteiger partial charge on any atom is 0.314 e. The fraction of sp³-hybridized carbons (Fsp3) is 0.882. The van der Waals surface area contributed by atoms with Crippen LogP contribution in [0.2, 0.25) is 0 Å². The molecule has 1 saturated heterocycles. The summed E-state index contributed by atoms with van der Waals surface area (Å²) in [5, 5.41) is 0. The quantitative estimate of drug-likeness (QED) is 0.116. The number of Topliss-reactive ketones (excluding diaryl/α,β-unsaturated/α-hetero) is 1. The van der Waals surface area contributed by atoms with E-state index in [-0.39, 0.29) is 69.6 Å². The normalized spacial score (nSPS) is 42.2. The summed E-state index contributed by atoms with van der Waals surface area (Å²) in [6.07, 6.45) is 15.3. The summed E-state index contributed by atoms with van der Waals surface area (Å²) in [7, 11) is 1.47. The van der Waals surface area contributed by atoms with Crippen LogP contribution in [0.5, 0.6) is 0 Å². The predicted molar refractivity (Wildman–Crippen MR) is 231 cm³/mol. The van der Waals surface area contributed by atoms with Crippen LogP contribution < -0.4 is 0 Å². The Bertz CT molecular complexity index is 1670. The molecule has 8 nitrogen and oxygen atoms in total. The summed E-state index contributed by atoms with van der Waals surface area (Å²) in [6, 6.07) is 0. The molecule has 0 aromatic rings. The van der Waals surface area contributed by atoms with E-state index in [2.05, 4.69) is 66.9 Å². The molecule has 1 heterocycles. The third-order valence-electron chi connectivity index (χ3n) is 20.1. The van der Waals surface area contributed by atoms with Crippen molar-refractivity contribution in [3.8, 4) is 0 Å². The van der Waals surface area contributed by atoms with Gasteiger partial charge in [-0.1, -0.05) is 60.6 Å². The molecule has 6 aliphatic carbocycles. The minimum atomic E-state index is -1.00. The van der Waals surface area contributed by atoms with E-state index in [1.807, 2.05) is 0 Å². The van der Waals surface area contributed by atoms with Gasteiger partial charge in [0.25, 0.3) is 0 Å². The number of rotatable bonds is 11. The van der Waals surface area contributed by atoms with Crippen LogP contribution in [0.1, 0.15) is 172 Å². The molecule has 1 aliphatic heterocycles. The fourth-order valence-electron chi connectivity index (χ4n) is 16.3. The van der Waals surface area contributed by atoms with Crippen LogP contribution in [0, 0.1) is 79.3 Å². The maximum atomic E-state index is 15.2. The lowest BCUT2D eigenvalue weighted by Gasteiger charge is -2.73. The number of hydrogen-bond donors (Lipinski definition) is 0. The first kappa shape index (κ1) is 44.8. The second-order valence-electron chi connectivity index (χ2n) is 23.9. The van der Waals surface area contributed by atoms with Crippen molar-refractivity contribution in [3.05, 3.63) is 12.2 Å². The average molecular weight is 820 g/mol. The van der Waals surface area contributed by atoms with Gasteiger partial charge in [0, 0.05) is 43.4 Å². The fourth-order valence-corrected chi connectivity index (χ4v) is 16.3. The first-order chi connectivity index (χ1) is 27.5. The van der Waals surface area contributed by atoms with Gasteiger partial charge in [-0.3, -0.25) is 19.2 Å². The summed E-state index contributed by atoms with van der Waals surface area (Å²) in [5.74, 6) is 2.52. The summed E-state index contributed by atoms with van der Waals surface area (Å²) in [4.78, 5) is 57.1. The van der Waals surface area contributed by atoms with Gasteiger partial charge in [-0.15, -0.1) is 0 Å². The molecule has 0 N–H and O–H groups in total. The van der Waals surface area contributed by atoms with E-state index in [1.165, 1.54) is 25.5 Å². The molecule has 7 rings (SSSR count). The Kier molecular flexibility index (Phi) is 11.8. The van der Waals surface area contributed by atoms with Gasteiger partial charge in [-0.2, -0.15) is 0 Å². The Morgan fingerprint density at radius 3 is 2.12 bits per heavy atom. The smallest absolute Gasteiger partial charge is 0.314 e. The molecule has 7 fully saturated rings. The second kappa shape index (κ2) is 15.5. The number of esters is 2.